The number of hydrogen-bond donors (Lipinski definition) is 0. The van der Waals surface area contributed by atoms with Crippen LogP contribution in [0.5, 0.6) is 0 Å². The number of fused-ring (bicyclic) bond motifs is 3. The van der Waals surface area contributed by atoms with Crippen LogP contribution in [0.1, 0.15) is 0 Å². The third-order valence-electron chi connectivity index (χ3n) is 8.18. The zero-order chi connectivity index (χ0) is 27.9. The predicted molar refractivity (Wildman–Crippen MR) is 176 cm³/mol. The van der Waals surface area contributed by atoms with Crippen molar-refractivity contribution in [2.75, 3.05) is 0 Å². The molecule has 0 aliphatic carbocycles. The van der Waals surface area contributed by atoms with E-state index in [1.54, 1.807) is 0 Å². The molecule has 0 bridgehead atoms. The Kier molecular flexibility index (Phi) is 5.82. The van der Waals surface area contributed by atoms with Crippen molar-refractivity contribution in [3.8, 4) is 44.6 Å². The summed E-state index contributed by atoms with van der Waals surface area (Å²) in [4.78, 5) is 9.41. The number of benzene rings is 6. The van der Waals surface area contributed by atoms with Gasteiger partial charge >= 0.3 is 0 Å². The van der Waals surface area contributed by atoms with E-state index in [0.29, 0.717) is 0 Å². The highest BCUT2D eigenvalue weighted by Gasteiger charge is 2.14. The molecule has 8 aromatic rings. The van der Waals surface area contributed by atoms with Crippen molar-refractivity contribution in [1.82, 2.24) is 9.97 Å². The van der Waals surface area contributed by atoms with Crippen LogP contribution in [0.4, 0.5) is 0 Å². The summed E-state index contributed by atoms with van der Waals surface area (Å²) < 4.78 is 0. The van der Waals surface area contributed by atoms with E-state index < -0.39 is 0 Å². The molecule has 0 saturated heterocycles. The van der Waals surface area contributed by atoms with Crippen LogP contribution in [0, 0.1) is 0 Å². The second-order valence-electron chi connectivity index (χ2n) is 10.7. The normalized spacial score (nSPS) is 11.3. The van der Waals surface area contributed by atoms with Gasteiger partial charge in [0.05, 0.1) is 11.2 Å². The Labute approximate surface area is 244 Å². The van der Waals surface area contributed by atoms with Gasteiger partial charge in [-0.3, -0.25) is 4.98 Å². The maximum atomic E-state index is 5.24. The van der Waals surface area contributed by atoms with E-state index in [2.05, 4.69) is 138 Å². The van der Waals surface area contributed by atoms with Gasteiger partial charge in [0.15, 0.2) is 0 Å². The second kappa shape index (κ2) is 10.1. The van der Waals surface area contributed by atoms with Crippen LogP contribution in [0.3, 0.4) is 0 Å². The molecule has 42 heavy (non-hydrogen) atoms. The Morgan fingerprint density at radius 1 is 0.357 bits per heavy atom. The number of nitrogens with zero attached hydrogens (tertiary/aromatic N) is 2. The average Bonchev–Trinajstić information content (AvgIpc) is 3.07. The highest BCUT2D eigenvalue weighted by atomic mass is 14.7. The minimum atomic E-state index is 0.977. The zero-order valence-electron chi connectivity index (χ0n) is 22.9. The number of rotatable bonds is 4. The quantitative estimate of drug-likeness (QED) is 0.224. The van der Waals surface area contributed by atoms with E-state index >= 15 is 0 Å². The third kappa shape index (κ3) is 4.22. The van der Waals surface area contributed by atoms with Crippen molar-refractivity contribution in [1.29, 1.82) is 0 Å². The molecule has 0 fully saturated rings. The van der Waals surface area contributed by atoms with Crippen LogP contribution >= 0.6 is 0 Å². The highest BCUT2D eigenvalue weighted by Crippen LogP contribution is 2.38. The third-order valence-corrected chi connectivity index (χ3v) is 8.18. The van der Waals surface area contributed by atoms with E-state index in [9.17, 15) is 0 Å². The fourth-order valence-corrected chi connectivity index (χ4v) is 6.08. The average molecular weight is 535 g/mol. The molecular formula is C40H26N2. The zero-order valence-corrected chi connectivity index (χ0v) is 22.9. The van der Waals surface area contributed by atoms with Crippen molar-refractivity contribution >= 4 is 32.4 Å². The smallest absolute Gasteiger partial charge is 0.0722 e. The molecule has 0 aliphatic heterocycles. The van der Waals surface area contributed by atoms with Crippen molar-refractivity contribution in [2.45, 2.75) is 0 Å². The summed E-state index contributed by atoms with van der Waals surface area (Å²) in [6, 6.07) is 52.0. The maximum absolute atomic E-state index is 5.24. The Morgan fingerprint density at radius 3 is 1.67 bits per heavy atom. The Bertz CT molecular complexity index is 2220. The summed E-state index contributed by atoms with van der Waals surface area (Å²) in [6.07, 6.45) is 3.68. The first-order chi connectivity index (χ1) is 20.8. The molecule has 0 aliphatic rings. The van der Waals surface area contributed by atoms with Gasteiger partial charge in [-0.15, -0.1) is 0 Å². The van der Waals surface area contributed by atoms with Gasteiger partial charge in [0.2, 0.25) is 0 Å². The lowest BCUT2D eigenvalue weighted by molar-refractivity contribution is 1.33. The highest BCUT2D eigenvalue weighted by molar-refractivity contribution is 6.04. The van der Waals surface area contributed by atoms with Crippen molar-refractivity contribution in [3.63, 3.8) is 0 Å². The van der Waals surface area contributed by atoms with Gasteiger partial charge in [-0.25, -0.2) is 4.98 Å². The molecule has 2 nitrogen and oxygen atoms in total. The lowest BCUT2D eigenvalue weighted by Gasteiger charge is -2.14. The maximum Gasteiger partial charge on any atom is 0.0722 e. The fourth-order valence-electron chi connectivity index (χ4n) is 6.08. The molecule has 0 amide bonds. The van der Waals surface area contributed by atoms with Crippen LogP contribution in [-0.2, 0) is 0 Å². The topological polar surface area (TPSA) is 25.8 Å². The molecule has 2 aromatic heterocycles. The van der Waals surface area contributed by atoms with E-state index in [-0.39, 0.29) is 0 Å². The molecule has 8 rings (SSSR count). The first-order valence-corrected chi connectivity index (χ1v) is 14.2. The summed E-state index contributed by atoms with van der Waals surface area (Å²) in [6.45, 7) is 0. The summed E-state index contributed by atoms with van der Waals surface area (Å²) in [7, 11) is 0. The minimum absolute atomic E-state index is 0.977. The van der Waals surface area contributed by atoms with E-state index in [1.807, 2.05) is 24.5 Å². The van der Waals surface area contributed by atoms with Gasteiger partial charge < -0.3 is 0 Å². The first kappa shape index (κ1) is 24.2. The van der Waals surface area contributed by atoms with Gasteiger partial charge in [0, 0.05) is 23.3 Å². The van der Waals surface area contributed by atoms with Crippen LogP contribution in [-0.4, -0.2) is 9.97 Å². The monoisotopic (exact) mass is 534 g/mol. The van der Waals surface area contributed by atoms with Crippen LogP contribution < -0.4 is 0 Å². The molecule has 0 unspecified atom stereocenters. The van der Waals surface area contributed by atoms with Gasteiger partial charge in [0.1, 0.15) is 0 Å². The molecule has 196 valence electrons. The Morgan fingerprint density at radius 2 is 0.929 bits per heavy atom. The van der Waals surface area contributed by atoms with Crippen LogP contribution in [0.25, 0.3) is 77.1 Å². The molecule has 6 aromatic carbocycles. The predicted octanol–water partition coefficient (Wildman–Crippen LogP) is 10.6. The van der Waals surface area contributed by atoms with Gasteiger partial charge in [-0.05, 0) is 85.3 Å². The molecule has 0 radical (unpaired) electrons. The SMILES string of the molecule is c1ccc2c(-c3ccc4nc(-c5cccc6ccccc56)cc(-c5ccc(-c6ccncc6)cc5)c4c3)cccc2c1. The first-order valence-electron chi connectivity index (χ1n) is 14.2. The Balaban J connectivity index is 1.36. The van der Waals surface area contributed by atoms with Crippen molar-refractivity contribution in [3.05, 3.63) is 158 Å². The van der Waals surface area contributed by atoms with E-state index in [0.717, 1.165) is 33.3 Å². The van der Waals surface area contributed by atoms with Gasteiger partial charge in [-0.1, -0.05) is 115 Å². The van der Waals surface area contributed by atoms with Gasteiger partial charge in [-0.2, -0.15) is 0 Å². The Hall–Kier alpha value is -5.60. The largest absolute Gasteiger partial charge is 0.265 e. The number of aromatic nitrogens is 2. The summed E-state index contributed by atoms with van der Waals surface area (Å²) in [5.41, 5.74) is 10.2. The van der Waals surface area contributed by atoms with Crippen LogP contribution in [0.15, 0.2) is 158 Å². The molecule has 0 spiro atoms. The number of pyridine rings is 2. The minimum Gasteiger partial charge on any atom is -0.265 e. The van der Waals surface area contributed by atoms with Crippen molar-refractivity contribution in [2.24, 2.45) is 0 Å². The fraction of sp³-hybridized carbons (Fsp3) is 0. The van der Waals surface area contributed by atoms with Crippen LogP contribution in [0.2, 0.25) is 0 Å². The summed E-state index contributed by atoms with van der Waals surface area (Å²) in [5.74, 6) is 0. The molecular weight excluding hydrogens is 508 g/mol. The molecule has 2 heteroatoms. The molecule has 0 N–H and O–H groups in total. The molecule has 0 atom stereocenters. The van der Waals surface area contributed by atoms with E-state index in [4.69, 9.17) is 4.98 Å². The lowest BCUT2D eigenvalue weighted by Crippen LogP contribution is -1.92. The molecule has 0 saturated carbocycles. The molecule has 2 heterocycles. The van der Waals surface area contributed by atoms with Crippen molar-refractivity contribution < 1.29 is 0 Å². The summed E-state index contributed by atoms with van der Waals surface area (Å²) >= 11 is 0. The number of hydrogen-bond acceptors (Lipinski definition) is 2. The second-order valence-corrected chi connectivity index (χ2v) is 10.7. The summed E-state index contributed by atoms with van der Waals surface area (Å²) in [5, 5.41) is 6.06. The standard InChI is InChI=1S/C40H26N2/c1-3-11-33-29(7-1)9-5-13-35(33)32-19-20-39-38(25-32)37(31-17-15-27(16-18-31)28-21-23-41-24-22-28)26-40(42-39)36-14-6-10-30-8-2-4-12-34(30)36/h1-26H. The lowest BCUT2D eigenvalue weighted by atomic mass is 9.92. The van der Waals surface area contributed by atoms with Gasteiger partial charge in [0.25, 0.3) is 0 Å². The van der Waals surface area contributed by atoms with E-state index in [1.165, 1.54) is 43.8 Å².